The van der Waals surface area contributed by atoms with Crippen molar-refractivity contribution in [3.05, 3.63) is 66.5 Å². The van der Waals surface area contributed by atoms with Crippen molar-refractivity contribution < 1.29 is 17.6 Å². The van der Waals surface area contributed by atoms with E-state index in [1.807, 2.05) is 24.3 Å². The molecule has 2 unspecified atom stereocenters. The van der Waals surface area contributed by atoms with Crippen LogP contribution < -0.4 is 10.6 Å². The van der Waals surface area contributed by atoms with Crippen LogP contribution in [0.4, 0.5) is 0 Å². The molecular weight excluding hydrogens is 504 g/mol. The molecule has 0 spiro atoms. The zero-order chi connectivity index (χ0) is 26.0. The van der Waals surface area contributed by atoms with Crippen molar-refractivity contribution in [3.63, 3.8) is 0 Å². The lowest BCUT2D eigenvalue weighted by Gasteiger charge is -2.24. The van der Waals surface area contributed by atoms with Gasteiger partial charge in [-0.05, 0) is 49.2 Å². The molecule has 2 aliphatic heterocycles. The third kappa shape index (κ3) is 5.10. The minimum atomic E-state index is -3.39. The fourth-order valence-electron chi connectivity index (χ4n) is 4.78. The van der Waals surface area contributed by atoms with E-state index >= 15 is 0 Å². The van der Waals surface area contributed by atoms with Gasteiger partial charge in [0.25, 0.3) is 5.89 Å². The van der Waals surface area contributed by atoms with Crippen LogP contribution in [0.3, 0.4) is 0 Å². The van der Waals surface area contributed by atoms with E-state index in [1.165, 1.54) is 0 Å². The number of ether oxygens (including phenoxy) is 1. The zero-order valence-electron chi connectivity index (χ0n) is 20.7. The standard InChI is InChI=1S/C27H28N6O4S/c34-38(35,22-2-1-11-28-14-22)21-9-7-18(8-10-21)23-15-29-16-24(31-23)27-33-32-26(37-27)20-5-3-19(4-6-20)25-17-36-13-12-30-25/h3-10,15-16,22,25,28,30H,1-2,11-14,17H2. The van der Waals surface area contributed by atoms with Crippen LogP contribution in [-0.4, -0.2) is 66.7 Å². The molecule has 196 valence electrons. The molecule has 0 aliphatic carbocycles. The number of hydrogen-bond acceptors (Lipinski definition) is 10. The van der Waals surface area contributed by atoms with Crippen LogP contribution in [0.25, 0.3) is 34.3 Å². The van der Waals surface area contributed by atoms with Gasteiger partial charge in [0.2, 0.25) is 5.89 Å². The number of piperidine rings is 1. The van der Waals surface area contributed by atoms with Crippen LogP contribution >= 0.6 is 0 Å². The number of rotatable bonds is 6. The molecular formula is C27H28N6O4S. The number of morpholine rings is 1. The molecule has 0 saturated carbocycles. The van der Waals surface area contributed by atoms with E-state index in [0.29, 0.717) is 41.7 Å². The molecule has 2 fully saturated rings. The van der Waals surface area contributed by atoms with Crippen LogP contribution in [0, 0.1) is 0 Å². The predicted octanol–water partition coefficient (Wildman–Crippen LogP) is 3.05. The fourth-order valence-corrected chi connectivity index (χ4v) is 6.50. The van der Waals surface area contributed by atoms with Gasteiger partial charge in [-0.1, -0.05) is 24.3 Å². The molecule has 0 bridgehead atoms. The second-order valence-electron chi connectivity index (χ2n) is 9.44. The van der Waals surface area contributed by atoms with E-state index in [9.17, 15) is 8.42 Å². The van der Waals surface area contributed by atoms with E-state index in [-0.39, 0.29) is 11.9 Å². The Hall–Kier alpha value is -3.51. The SMILES string of the molecule is O=S(=O)(c1ccc(-c2cncc(-c3nnc(-c4ccc(C5COCCN5)cc4)o3)n2)cc1)C1CCCNC1. The number of aromatic nitrogens is 4. The first-order chi connectivity index (χ1) is 18.6. The maximum absolute atomic E-state index is 13.0. The van der Waals surface area contributed by atoms with Crippen molar-refractivity contribution in [1.29, 1.82) is 0 Å². The van der Waals surface area contributed by atoms with Gasteiger partial charge in [-0.3, -0.25) is 4.98 Å². The zero-order valence-corrected chi connectivity index (χ0v) is 21.5. The minimum absolute atomic E-state index is 0.174. The highest BCUT2D eigenvalue weighted by Crippen LogP contribution is 2.28. The quantitative estimate of drug-likeness (QED) is 0.382. The van der Waals surface area contributed by atoms with E-state index in [4.69, 9.17) is 9.15 Å². The first kappa shape index (κ1) is 24.8. The van der Waals surface area contributed by atoms with Gasteiger partial charge in [0.15, 0.2) is 9.84 Å². The molecule has 2 aliphatic rings. The maximum Gasteiger partial charge on any atom is 0.268 e. The molecule has 2 N–H and O–H groups in total. The Morgan fingerprint density at radius 3 is 2.37 bits per heavy atom. The van der Waals surface area contributed by atoms with Crippen molar-refractivity contribution >= 4 is 9.84 Å². The Bertz CT molecular complexity index is 1490. The van der Waals surface area contributed by atoms with E-state index < -0.39 is 15.1 Å². The van der Waals surface area contributed by atoms with Crippen LogP contribution in [0.1, 0.15) is 24.4 Å². The Morgan fingerprint density at radius 1 is 0.868 bits per heavy atom. The second-order valence-corrected chi connectivity index (χ2v) is 11.7. The summed E-state index contributed by atoms with van der Waals surface area (Å²) in [7, 11) is -3.39. The van der Waals surface area contributed by atoms with Gasteiger partial charge in [-0.15, -0.1) is 10.2 Å². The Morgan fingerprint density at radius 2 is 1.63 bits per heavy atom. The van der Waals surface area contributed by atoms with E-state index in [1.54, 1.807) is 36.7 Å². The predicted molar refractivity (Wildman–Crippen MR) is 141 cm³/mol. The van der Waals surface area contributed by atoms with Gasteiger partial charge in [0.05, 0.1) is 47.5 Å². The highest BCUT2D eigenvalue weighted by Gasteiger charge is 2.28. The highest BCUT2D eigenvalue weighted by atomic mass is 32.2. The largest absolute Gasteiger partial charge is 0.415 e. The summed E-state index contributed by atoms with van der Waals surface area (Å²) in [6.45, 7) is 3.56. The summed E-state index contributed by atoms with van der Waals surface area (Å²) in [5.41, 5.74) is 3.71. The van der Waals surface area contributed by atoms with Gasteiger partial charge in [-0.2, -0.15) is 0 Å². The summed E-state index contributed by atoms with van der Waals surface area (Å²) in [6.07, 6.45) is 4.72. The van der Waals surface area contributed by atoms with Crippen LogP contribution in [0.15, 0.2) is 70.2 Å². The lowest BCUT2D eigenvalue weighted by Crippen LogP contribution is -2.38. The van der Waals surface area contributed by atoms with Crippen LogP contribution in [0.5, 0.6) is 0 Å². The van der Waals surface area contributed by atoms with Crippen LogP contribution in [-0.2, 0) is 14.6 Å². The lowest BCUT2D eigenvalue weighted by molar-refractivity contribution is 0.0769. The molecule has 2 saturated heterocycles. The fraction of sp³-hybridized carbons (Fsp3) is 0.333. The molecule has 4 heterocycles. The normalized spacial score (nSPS) is 20.3. The number of sulfone groups is 1. The summed E-state index contributed by atoms with van der Waals surface area (Å²) >= 11 is 0. The number of hydrogen-bond donors (Lipinski definition) is 2. The van der Waals surface area contributed by atoms with Gasteiger partial charge in [-0.25, -0.2) is 13.4 Å². The van der Waals surface area contributed by atoms with Crippen molar-refractivity contribution in [2.24, 2.45) is 0 Å². The molecule has 2 atom stereocenters. The lowest BCUT2D eigenvalue weighted by atomic mass is 10.0. The summed E-state index contributed by atoms with van der Waals surface area (Å²) in [5, 5.41) is 14.6. The summed E-state index contributed by atoms with van der Waals surface area (Å²) < 4.78 is 37.4. The molecule has 11 heteroatoms. The first-order valence-electron chi connectivity index (χ1n) is 12.7. The van der Waals surface area contributed by atoms with Gasteiger partial charge >= 0.3 is 0 Å². The van der Waals surface area contributed by atoms with Crippen LogP contribution in [0.2, 0.25) is 0 Å². The summed E-state index contributed by atoms with van der Waals surface area (Å²) in [6, 6.07) is 14.9. The van der Waals surface area contributed by atoms with Crippen molar-refractivity contribution in [2.45, 2.75) is 29.0 Å². The first-order valence-corrected chi connectivity index (χ1v) is 14.2. The third-order valence-electron chi connectivity index (χ3n) is 6.93. The number of nitrogens with zero attached hydrogens (tertiary/aromatic N) is 4. The summed E-state index contributed by atoms with van der Waals surface area (Å²) in [5.74, 6) is 0.642. The van der Waals surface area contributed by atoms with E-state index in [0.717, 1.165) is 42.8 Å². The second kappa shape index (κ2) is 10.7. The Balaban J connectivity index is 1.19. The average molecular weight is 533 g/mol. The summed E-state index contributed by atoms with van der Waals surface area (Å²) in [4.78, 5) is 9.25. The Kier molecular flexibility index (Phi) is 6.98. The molecule has 10 nitrogen and oxygen atoms in total. The van der Waals surface area contributed by atoms with Crippen molar-refractivity contribution in [3.8, 4) is 34.3 Å². The number of benzene rings is 2. The molecule has 0 amide bonds. The topological polar surface area (TPSA) is 132 Å². The van der Waals surface area contributed by atoms with Crippen molar-refractivity contribution in [2.75, 3.05) is 32.8 Å². The molecule has 4 aromatic rings. The maximum atomic E-state index is 13.0. The molecule has 2 aromatic carbocycles. The Labute approximate surface area is 220 Å². The highest BCUT2D eigenvalue weighted by molar-refractivity contribution is 7.92. The number of nitrogens with one attached hydrogen (secondary N) is 2. The third-order valence-corrected chi connectivity index (χ3v) is 9.14. The average Bonchev–Trinajstić information content (AvgIpc) is 3.49. The van der Waals surface area contributed by atoms with Gasteiger partial charge in [0, 0.05) is 24.2 Å². The van der Waals surface area contributed by atoms with E-state index in [2.05, 4.69) is 30.8 Å². The molecule has 38 heavy (non-hydrogen) atoms. The van der Waals surface area contributed by atoms with Crippen molar-refractivity contribution in [1.82, 2.24) is 30.8 Å². The minimum Gasteiger partial charge on any atom is -0.415 e. The molecule has 6 rings (SSSR count). The molecule has 0 radical (unpaired) electrons. The van der Waals surface area contributed by atoms with Gasteiger partial charge < -0.3 is 19.8 Å². The molecule has 2 aromatic heterocycles. The monoisotopic (exact) mass is 532 g/mol. The smallest absolute Gasteiger partial charge is 0.268 e. The van der Waals surface area contributed by atoms with Gasteiger partial charge in [0.1, 0.15) is 5.69 Å².